The van der Waals surface area contributed by atoms with Crippen LogP contribution in [0.2, 0.25) is 10.0 Å². The molecule has 0 saturated carbocycles. The minimum atomic E-state index is -0.465. The van der Waals surface area contributed by atoms with Crippen molar-refractivity contribution in [1.29, 1.82) is 0 Å². The third kappa shape index (κ3) is 3.10. The lowest BCUT2D eigenvalue weighted by Gasteiger charge is -2.14. The van der Waals surface area contributed by atoms with E-state index < -0.39 is 11.2 Å². The van der Waals surface area contributed by atoms with Gasteiger partial charge in [-0.3, -0.25) is 13.9 Å². The molecule has 0 aliphatic heterocycles. The summed E-state index contributed by atoms with van der Waals surface area (Å²) in [6.07, 6.45) is 1.59. The van der Waals surface area contributed by atoms with Gasteiger partial charge in [0.25, 0.3) is 5.56 Å². The zero-order valence-corrected chi connectivity index (χ0v) is 16.1. The van der Waals surface area contributed by atoms with Crippen molar-refractivity contribution in [1.82, 2.24) is 14.1 Å². The van der Waals surface area contributed by atoms with Gasteiger partial charge in [0.15, 0.2) is 5.65 Å². The Morgan fingerprint density at radius 2 is 1.92 bits per heavy atom. The van der Waals surface area contributed by atoms with Gasteiger partial charge in [-0.25, -0.2) is 9.78 Å². The number of ether oxygens (including phenoxy) is 1. The van der Waals surface area contributed by atoms with Gasteiger partial charge in [0.05, 0.1) is 23.2 Å². The van der Waals surface area contributed by atoms with E-state index in [1.807, 2.05) is 13.8 Å². The number of pyridine rings is 1. The number of halogens is 2. The molecule has 0 N–H and O–H groups in total. The van der Waals surface area contributed by atoms with Gasteiger partial charge in [0.2, 0.25) is 0 Å². The summed E-state index contributed by atoms with van der Waals surface area (Å²) in [5.74, 6) is 0.445. The van der Waals surface area contributed by atoms with E-state index in [4.69, 9.17) is 27.9 Å². The zero-order valence-electron chi connectivity index (χ0n) is 14.5. The molecule has 136 valence electrons. The second-order valence-electron chi connectivity index (χ2n) is 5.88. The predicted octanol–water partition coefficient (Wildman–Crippen LogP) is 3.16. The van der Waals surface area contributed by atoms with E-state index in [0.29, 0.717) is 33.6 Å². The van der Waals surface area contributed by atoms with Crippen molar-refractivity contribution < 1.29 is 4.74 Å². The molecule has 3 rings (SSSR count). The quantitative estimate of drug-likeness (QED) is 0.682. The molecule has 26 heavy (non-hydrogen) atoms. The molecule has 0 radical (unpaired) electrons. The van der Waals surface area contributed by atoms with Crippen molar-refractivity contribution in [2.45, 2.75) is 20.4 Å². The Kier molecular flexibility index (Phi) is 5.07. The second kappa shape index (κ2) is 7.13. The van der Waals surface area contributed by atoms with Crippen LogP contribution >= 0.6 is 23.2 Å². The van der Waals surface area contributed by atoms with E-state index >= 15 is 0 Å². The molecular weight excluding hydrogens is 377 g/mol. The molecule has 0 aliphatic rings. The fourth-order valence-electron chi connectivity index (χ4n) is 2.81. The lowest BCUT2D eigenvalue weighted by Crippen LogP contribution is -2.39. The number of fused-ring (bicyclic) bond motifs is 1. The molecule has 0 atom stereocenters. The van der Waals surface area contributed by atoms with Gasteiger partial charge in [-0.1, -0.05) is 29.3 Å². The molecule has 0 bridgehead atoms. The van der Waals surface area contributed by atoms with Gasteiger partial charge < -0.3 is 4.74 Å². The van der Waals surface area contributed by atoms with E-state index in [9.17, 15) is 9.59 Å². The van der Waals surface area contributed by atoms with Gasteiger partial charge in [-0.05, 0) is 31.5 Å². The molecule has 1 aromatic carbocycles. The number of rotatable bonds is 4. The molecule has 8 heteroatoms. The summed E-state index contributed by atoms with van der Waals surface area (Å²) in [7, 11) is 1.58. The van der Waals surface area contributed by atoms with Crippen LogP contribution in [0, 0.1) is 6.92 Å². The Labute approximate surface area is 159 Å². The fraction of sp³-hybridized carbons (Fsp3) is 0.278. The summed E-state index contributed by atoms with van der Waals surface area (Å²) in [4.78, 5) is 30.0. The summed E-state index contributed by atoms with van der Waals surface area (Å²) < 4.78 is 8.15. The summed E-state index contributed by atoms with van der Waals surface area (Å²) in [6, 6.07) is 4.99. The third-order valence-corrected chi connectivity index (χ3v) is 4.84. The standard InChI is InChI=1S/C18H17Cl2N3O3/c1-4-26-15-10(2)8-21-16-14(15)17(24)23(18(25)22(16)3)9-11-5-6-12(19)13(20)7-11/h5-8H,4,9H2,1-3H3. The van der Waals surface area contributed by atoms with Gasteiger partial charge >= 0.3 is 5.69 Å². The fourth-order valence-corrected chi connectivity index (χ4v) is 3.13. The van der Waals surface area contributed by atoms with Crippen molar-refractivity contribution >= 4 is 34.2 Å². The first kappa shape index (κ1) is 18.5. The first-order valence-corrected chi connectivity index (χ1v) is 8.76. The van der Waals surface area contributed by atoms with Crippen LogP contribution in [0.5, 0.6) is 5.75 Å². The molecule has 0 unspecified atom stereocenters. The maximum atomic E-state index is 13.1. The number of nitrogens with zero attached hydrogens (tertiary/aromatic N) is 3. The first-order valence-electron chi connectivity index (χ1n) is 8.01. The SMILES string of the molecule is CCOc1c(C)cnc2c1c(=O)n(Cc1ccc(Cl)c(Cl)c1)c(=O)n2C. The lowest BCUT2D eigenvalue weighted by molar-refractivity contribution is 0.341. The Balaban J connectivity index is 2.29. The summed E-state index contributed by atoms with van der Waals surface area (Å²) in [5.41, 5.74) is 0.799. The minimum absolute atomic E-state index is 0.0673. The van der Waals surface area contributed by atoms with E-state index in [1.165, 1.54) is 4.57 Å². The average molecular weight is 394 g/mol. The summed E-state index contributed by atoms with van der Waals surface area (Å²) >= 11 is 12.0. The van der Waals surface area contributed by atoms with Crippen molar-refractivity contribution in [3.8, 4) is 5.75 Å². The van der Waals surface area contributed by atoms with Gasteiger partial charge in [0.1, 0.15) is 11.1 Å². The van der Waals surface area contributed by atoms with E-state index in [0.717, 1.165) is 10.1 Å². The first-order chi connectivity index (χ1) is 12.3. The van der Waals surface area contributed by atoms with Crippen LogP contribution < -0.4 is 16.0 Å². The number of aryl methyl sites for hydroxylation is 2. The maximum absolute atomic E-state index is 13.1. The molecule has 2 heterocycles. The summed E-state index contributed by atoms with van der Waals surface area (Å²) in [6.45, 7) is 4.11. The topological polar surface area (TPSA) is 66.1 Å². The molecule has 0 aliphatic carbocycles. The average Bonchev–Trinajstić information content (AvgIpc) is 2.61. The van der Waals surface area contributed by atoms with E-state index in [1.54, 1.807) is 31.4 Å². The van der Waals surface area contributed by atoms with Crippen LogP contribution in [-0.2, 0) is 13.6 Å². The Bertz CT molecular complexity index is 1120. The van der Waals surface area contributed by atoms with Crippen LogP contribution in [0.25, 0.3) is 11.0 Å². The molecule has 3 aromatic rings. The number of benzene rings is 1. The smallest absolute Gasteiger partial charge is 0.332 e. The Morgan fingerprint density at radius 1 is 1.19 bits per heavy atom. The van der Waals surface area contributed by atoms with Crippen molar-refractivity contribution in [2.24, 2.45) is 7.05 Å². The van der Waals surface area contributed by atoms with Crippen LogP contribution in [0.4, 0.5) is 0 Å². The van der Waals surface area contributed by atoms with Gasteiger partial charge in [0, 0.05) is 18.8 Å². The highest BCUT2D eigenvalue weighted by atomic mass is 35.5. The van der Waals surface area contributed by atoms with Crippen molar-refractivity contribution in [2.75, 3.05) is 6.61 Å². The largest absolute Gasteiger partial charge is 0.493 e. The number of hydrogen-bond acceptors (Lipinski definition) is 4. The maximum Gasteiger partial charge on any atom is 0.332 e. The van der Waals surface area contributed by atoms with E-state index in [2.05, 4.69) is 4.98 Å². The summed E-state index contributed by atoms with van der Waals surface area (Å²) in [5, 5.41) is 1.06. The second-order valence-corrected chi connectivity index (χ2v) is 6.70. The Morgan fingerprint density at radius 3 is 2.58 bits per heavy atom. The normalized spacial score (nSPS) is 11.1. The monoisotopic (exact) mass is 393 g/mol. The lowest BCUT2D eigenvalue weighted by atomic mass is 10.2. The number of aromatic nitrogens is 3. The highest BCUT2D eigenvalue weighted by molar-refractivity contribution is 6.42. The molecule has 0 fully saturated rings. The highest BCUT2D eigenvalue weighted by Gasteiger charge is 2.18. The molecule has 0 amide bonds. The number of hydrogen-bond donors (Lipinski definition) is 0. The van der Waals surface area contributed by atoms with Crippen LogP contribution in [0.1, 0.15) is 18.1 Å². The van der Waals surface area contributed by atoms with Crippen LogP contribution in [-0.4, -0.2) is 20.7 Å². The third-order valence-electron chi connectivity index (χ3n) is 4.10. The van der Waals surface area contributed by atoms with Crippen molar-refractivity contribution in [3.05, 3.63) is 66.4 Å². The molecular formula is C18H17Cl2N3O3. The molecule has 6 nitrogen and oxygen atoms in total. The van der Waals surface area contributed by atoms with Crippen molar-refractivity contribution in [3.63, 3.8) is 0 Å². The molecule has 2 aromatic heterocycles. The van der Waals surface area contributed by atoms with Crippen LogP contribution in [0.3, 0.4) is 0 Å². The van der Waals surface area contributed by atoms with E-state index in [-0.39, 0.29) is 11.9 Å². The zero-order chi connectivity index (χ0) is 19.0. The van der Waals surface area contributed by atoms with Gasteiger partial charge in [-0.15, -0.1) is 0 Å². The molecule has 0 spiro atoms. The molecule has 0 saturated heterocycles. The Hall–Kier alpha value is -2.31. The predicted molar refractivity (Wildman–Crippen MR) is 103 cm³/mol. The highest BCUT2D eigenvalue weighted by Crippen LogP contribution is 2.25. The minimum Gasteiger partial charge on any atom is -0.493 e. The van der Waals surface area contributed by atoms with Gasteiger partial charge in [-0.2, -0.15) is 0 Å². The van der Waals surface area contributed by atoms with Crippen LogP contribution in [0.15, 0.2) is 34.0 Å².